The van der Waals surface area contributed by atoms with Gasteiger partial charge in [0.1, 0.15) is 0 Å². The Hall–Kier alpha value is -5.33. The molecule has 7 rings (SSSR count). The molecule has 0 saturated carbocycles. The fraction of sp³-hybridized carbons (Fsp3) is 0.231. The zero-order valence-electron chi connectivity index (χ0n) is 43.2. The molecule has 388 valence electrons. The maximum atomic E-state index is 13.3. The summed E-state index contributed by atoms with van der Waals surface area (Å²) in [5.41, 5.74) is 4.89. The van der Waals surface area contributed by atoms with Crippen LogP contribution in [-0.4, -0.2) is 100 Å². The predicted molar refractivity (Wildman–Crippen MR) is 292 cm³/mol. The quantitative estimate of drug-likeness (QED) is 0.0155. The number of rotatable bonds is 18. The normalized spacial score (nSPS) is 15.2. The molecule has 0 saturated heterocycles. The molecule has 23 heteroatoms. The van der Waals surface area contributed by atoms with Gasteiger partial charge in [0.2, 0.25) is 11.6 Å². The van der Waals surface area contributed by atoms with Crippen LogP contribution in [0.2, 0.25) is 0 Å². The van der Waals surface area contributed by atoms with E-state index in [2.05, 4.69) is 17.2 Å². The zero-order chi connectivity index (χ0) is 53.2. The summed E-state index contributed by atoms with van der Waals surface area (Å²) in [6.07, 6.45) is 9.11. The standard InChI is InChI=1S/C52H55B2N5O12S2.BrH.Na.H/c1-33(2)49(60)55-26-11-27-56-50(61)35-16-22-44(57-30-35)34(17-24-47-51(3,4)40-21-19-39(73(69,70)71)29-46(40)59(47)32-37-13-8-10-15-43(37)54(64)65)18-25-48-52(5,6)41-28-38(72(66,67)68)20-23-45(41)58(48)31-36-12-7-9-14-42(36)53(62)63;;;/h7-10,12-25,28-30,62-65H,1,11,26-27,31-32H2,2-6H3,(H3-,55,56,60,61,66,67,68,69,70,71);1H;;/q;;+1;-1/p+1. The Balaban J connectivity index is 0.00000416. The van der Waals surface area contributed by atoms with Crippen LogP contribution in [0, 0.1) is 0 Å². The molecule has 8 N–H and O–H groups in total. The number of pyridine rings is 1. The number of hydrogen-bond donors (Lipinski definition) is 8. The Morgan fingerprint density at radius 1 is 0.787 bits per heavy atom. The van der Waals surface area contributed by atoms with Crippen LogP contribution < -0.4 is 56.0 Å². The van der Waals surface area contributed by atoms with Gasteiger partial charge in [-0.15, -0.1) is 17.0 Å². The number of benzene rings is 4. The van der Waals surface area contributed by atoms with E-state index in [0.717, 1.165) is 0 Å². The fourth-order valence-corrected chi connectivity index (χ4v) is 10.2. The molecule has 0 bridgehead atoms. The van der Waals surface area contributed by atoms with Gasteiger partial charge in [-0.1, -0.05) is 81.1 Å². The van der Waals surface area contributed by atoms with E-state index >= 15 is 0 Å². The number of allylic oxidation sites excluding steroid dienone is 6. The molecule has 0 atom stereocenters. The topological polar surface area (TPSA) is 267 Å². The van der Waals surface area contributed by atoms with Crippen LogP contribution >= 0.6 is 17.0 Å². The molecule has 0 radical (unpaired) electrons. The van der Waals surface area contributed by atoms with Crippen LogP contribution in [0.3, 0.4) is 0 Å². The number of anilines is 1. The average molecular weight is 1130 g/mol. The molecule has 5 aromatic rings. The second kappa shape index (κ2) is 24.3. The van der Waals surface area contributed by atoms with E-state index in [1.807, 2.05) is 49.3 Å². The number of fused-ring (bicyclic) bond motifs is 2. The Kier molecular flexibility index (Phi) is 19.6. The Morgan fingerprint density at radius 3 is 1.97 bits per heavy atom. The monoisotopic (exact) mass is 1130 g/mol. The molecule has 0 fully saturated rings. The van der Waals surface area contributed by atoms with E-state index < -0.39 is 51.2 Å². The van der Waals surface area contributed by atoms with E-state index in [1.54, 1.807) is 91.9 Å². The van der Waals surface area contributed by atoms with Crippen LogP contribution in [-0.2, 0) is 49.0 Å². The SMILES string of the molecule is Br.C=C(C)C(=O)NCCCNC(=O)c1ccc(C(C=CC2=[N+](Cc3ccccc3B(O)O)c3ccc(S(=O)(=O)O)cc3C2(C)C)=CC=C2N(Cc3ccccc3B(O)O)c3cc(S(=O)(=O)O)ccc3C2(C)C)nc1.[H-].[Na+]. The largest absolute Gasteiger partial charge is 1.00 e. The third kappa shape index (κ3) is 13.4. The van der Waals surface area contributed by atoms with Crippen LogP contribution in [0.15, 0.2) is 155 Å². The maximum absolute atomic E-state index is 13.3. The second-order valence-electron chi connectivity index (χ2n) is 18.8. The molecule has 0 unspecified atom stereocenters. The summed E-state index contributed by atoms with van der Waals surface area (Å²) in [4.78, 5) is 31.1. The number of aromatic nitrogens is 1. The number of carbonyl (C=O) groups excluding carboxylic acids is 2. The molecule has 0 aliphatic carbocycles. The number of carbonyl (C=O) groups is 2. The van der Waals surface area contributed by atoms with Crippen LogP contribution in [0.4, 0.5) is 11.4 Å². The van der Waals surface area contributed by atoms with Crippen LogP contribution in [0.5, 0.6) is 0 Å². The van der Waals surface area contributed by atoms with Crippen molar-refractivity contribution < 1.29 is 91.2 Å². The van der Waals surface area contributed by atoms with Gasteiger partial charge in [-0.2, -0.15) is 21.4 Å². The van der Waals surface area contributed by atoms with Gasteiger partial charge in [0.15, 0.2) is 12.3 Å². The average Bonchev–Trinajstić information content (AvgIpc) is 3.67. The molecule has 0 spiro atoms. The summed E-state index contributed by atoms with van der Waals surface area (Å²) in [5, 5.41) is 47.0. The first-order valence-electron chi connectivity index (χ1n) is 23.1. The molecule has 1 aromatic heterocycles. The van der Waals surface area contributed by atoms with Gasteiger partial charge in [0.25, 0.3) is 26.1 Å². The van der Waals surface area contributed by atoms with Crippen LogP contribution in [0.1, 0.15) is 80.8 Å². The van der Waals surface area contributed by atoms with E-state index in [1.165, 1.54) is 30.5 Å². The van der Waals surface area contributed by atoms with Crippen molar-refractivity contribution in [1.82, 2.24) is 15.6 Å². The van der Waals surface area contributed by atoms with Gasteiger partial charge in [-0.05, 0) is 97.8 Å². The number of nitrogens with zero attached hydrogens (tertiary/aromatic N) is 3. The van der Waals surface area contributed by atoms with Crippen molar-refractivity contribution in [2.45, 2.75) is 74.7 Å². The zero-order valence-corrected chi connectivity index (χ0v) is 47.6. The third-order valence-corrected chi connectivity index (χ3v) is 14.8. The second-order valence-corrected chi connectivity index (χ2v) is 21.7. The minimum atomic E-state index is -4.64. The van der Waals surface area contributed by atoms with Gasteiger partial charge >= 0.3 is 43.8 Å². The van der Waals surface area contributed by atoms with Gasteiger partial charge < -0.3 is 37.1 Å². The molecular formula is C52H58B2BrN5NaO12S2+. The minimum Gasteiger partial charge on any atom is -1.00 e. The molecule has 75 heavy (non-hydrogen) atoms. The molecule has 4 aromatic carbocycles. The molecule has 3 heterocycles. The van der Waals surface area contributed by atoms with Gasteiger partial charge in [-0.25, -0.2) is 0 Å². The van der Waals surface area contributed by atoms with E-state index in [0.29, 0.717) is 74.8 Å². The Labute approximate surface area is 471 Å². The summed E-state index contributed by atoms with van der Waals surface area (Å²) in [5.74, 6) is -0.682. The molecular weight excluding hydrogens is 1080 g/mol. The van der Waals surface area contributed by atoms with Crippen molar-refractivity contribution >= 4 is 96.9 Å². The Bertz CT molecular complexity index is 3390. The summed E-state index contributed by atoms with van der Waals surface area (Å²) in [6.45, 7) is 13.6. The van der Waals surface area contributed by atoms with Crippen LogP contribution in [0.25, 0.3) is 5.57 Å². The van der Waals surface area contributed by atoms with Crippen molar-refractivity contribution in [1.29, 1.82) is 0 Å². The maximum Gasteiger partial charge on any atom is 1.00 e. The summed E-state index contributed by atoms with van der Waals surface area (Å²) in [6, 6.07) is 25.3. The van der Waals surface area contributed by atoms with Gasteiger partial charge in [0, 0.05) is 77.0 Å². The first-order chi connectivity index (χ1) is 34.3. The summed E-state index contributed by atoms with van der Waals surface area (Å²) >= 11 is 0. The molecule has 17 nitrogen and oxygen atoms in total. The van der Waals surface area contributed by atoms with Crippen molar-refractivity contribution in [3.05, 3.63) is 179 Å². The Morgan fingerprint density at radius 2 is 1.37 bits per heavy atom. The van der Waals surface area contributed by atoms with Gasteiger partial charge in [0.05, 0.1) is 26.5 Å². The van der Waals surface area contributed by atoms with Crippen molar-refractivity contribution in [3.63, 3.8) is 0 Å². The number of amides is 2. The van der Waals surface area contributed by atoms with Gasteiger partial charge in [-0.3, -0.25) is 23.7 Å². The summed E-state index contributed by atoms with van der Waals surface area (Å²) in [7, 11) is -12.9. The molecule has 2 aliphatic rings. The smallest absolute Gasteiger partial charge is 1.00 e. The fourth-order valence-electron chi connectivity index (χ4n) is 9.19. The van der Waals surface area contributed by atoms with Crippen molar-refractivity contribution in [2.75, 3.05) is 18.0 Å². The number of hydrogen-bond acceptors (Lipinski definition) is 12. The first-order valence-corrected chi connectivity index (χ1v) is 26.0. The molecule has 2 aliphatic heterocycles. The molecule has 2 amide bonds. The number of halogens is 1. The van der Waals surface area contributed by atoms with E-state index in [-0.39, 0.29) is 99.8 Å². The minimum absolute atomic E-state index is 0. The van der Waals surface area contributed by atoms with Crippen molar-refractivity contribution in [2.24, 2.45) is 0 Å². The van der Waals surface area contributed by atoms with Crippen molar-refractivity contribution in [3.8, 4) is 0 Å². The third-order valence-electron chi connectivity index (χ3n) is 13.1. The van der Waals surface area contributed by atoms with E-state index in [9.17, 15) is 55.6 Å². The predicted octanol–water partition coefficient (Wildman–Crippen LogP) is 1.54. The number of nitrogens with one attached hydrogen (secondary N) is 2. The van der Waals surface area contributed by atoms with E-state index in [4.69, 9.17) is 4.98 Å². The first kappa shape index (κ1) is 60.5. The summed E-state index contributed by atoms with van der Waals surface area (Å²) < 4.78 is 72.0.